The van der Waals surface area contributed by atoms with Gasteiger partial charge in [0.15, 0.2) is 0 Å². The number of hydrogen-bond acceptors (Lipinski definition) is 3. The zero-order valence-corrected chi connectivity index (χ0v) is 13.0. The van der Waals surface area contributed by atoms with E-state index in [1.165, 1.54) is 6.07 Å². The highest BCUT2D eigenvalue weighted by Crippen LogP contribution is 2.28. The van der Waals surface area contributed by atoms with E-state index in [4.69, 9.17) is 11.5 Å². The molecule has 110 valence electrons. The minimum atomic E-state index is -0.693. The first-order valence-electron chi connectivity index (χ1n) is 6.36. The molecule has 2 aromatic carbocycles. The van der Waals surface area contributed by atoms with Gasteiger partial charge in [0.2, 0.25) is 0 Å². The summed E-state index contributed by atoms with van der Waals surface area (Å²) in [5.41, 5.74) is 12.9. The van der Waals surface area contributed by atoms with Gasteiger partial charge >= 0.3 is 0 Å². The van der Waals surface area contributed by atoms with Crippen molar-refractivity contribution in [2.75, 3.05) is 11.1 Å². The average Bonchev–Trinajstić information content (AvgIpc) is 2.42. The summed E-state index contributed by atoms with van der Waals surface area (Å²) in [5.74, 6) is -1.23. The number of halogens is 2. The van der Waals surface area contributed by atoms with Crippen LogP contribution in [0.25, 0.3) is 0 Å². The van der Waals surface area contributed by atoms with Gasteiger partial charge in [0.25, 0.3) is 5.91 Å². The van der Waals surface area contributed by atoms with Gasteiger partial charge in [-0.25, -0.2) is 4.39 Å². The van der Waals surface area contributed by atoms with Gasteiger partial charge in [-0.15, -0.1) is 0 Å². The van der Waals surface area contributed by atoms with Crippen LogP contribution in [0, 0.1) is 5.82 Å². The largest absolute Gasteiger partial charge is 0.398 e. The number of rotatable bonds is 4. The molecule has 0 aliphatic heterocycles. The average molecular weight is 352 g/mol. The normalized spacial score (nSPS) is 10.4. The van der Waals surface area contributed by atoms with Crippen molar-refractivity contribution in [2.45, 2.75) is 13.3 Å². The molecule has 0 aliphatic rings. The van der Waals surface area contributed by atoms with E-state index in [0.29, 0.717) is 0 Å². The van der Waals surface area contributed by atoms with Gasteiger partial charge in [-0.05, 0) is 42.3 Å². The number of nitrogens with two attached hydrogens (primary N) is 2. The zero-order chi connectivity index (χ0) is 15.6. The smallest absolute Gasteiger partial charge is 0.250 e. The molecule has 0 saturated carbocycles. The van der Waals surface area contributed by atoms with E-state index < -0.39 is 11.7 Å². The molecule has 0 unspecified atom stereocenters. The monoisotopic (exact) mass is 351 g/mol. The van der Waals surface area contributed by atoms with Crippen molar-refractivity contribution in [3.05, 3.63) is 51.7 Å². The molecule has 0 fully saturated rings. The first-order chi connectivity index (χ1) is 9.92. The van der Waals surface area contributed by atoms with Crippen molar-refractivity contribution < 1.29 is 9.18 Å². The number of carbonyl (C=O) groups excluding carboxylic acids is 1. The number of nitrogen functional groups attached to an aromatic ring is 1. The predicted octanol–water partition coefficient (Wildman–Crippen LogP) is 3.58. The third kappa shape index (κ3) is 3.33. The van der Waals surface area contributed by atoms with Gasteiger partial charge in [-0.2, -0.15) is 0 Å². The molecule has 2 rings (SSSR count). The van der Waals surface area contributed by atoms with Crippen LogP contribution in [-0.2, 0) is 6.42 Å². The van der Waals surface area contributed by atoms with Crippen LogP contribution in [0.15, 0.2) is 34.8 Å². The Bertz CT molecular complexity index is 704. The topological polar surface area (TPSA) is 81.1 Å². The highest BCUT2D eigenvalue weighted by Gasteiger charge is 2.13. The SMILES string of the molecule is CCc1cc(Br)ccc1Nc1cc(C(N)=O)c(N)cc1F. The molecular weight excluding hydrogens is 337 g/mol. The van der Waals surface area contributed by atoms with E-state index in [2.05, 4.69) is 21.2 Å². The highest BCUT2D eigenvalue weighted by atomic mass is 79.9. The van der Waals surface area contributed by atoms with Crippen LogP contribution in [0.4, 0.5) is 21.5 Å². The second kappa shape index (κ2) is 6.13. The number of anilines is 3. The maximum absolute atomic E-state index is 14.0. The lowest BCUT2D eigenvalue weighted by Gasteiger charge is -2.14. The molecule has 0 saturated heterocycles. The Morgan fingerprint density at radius 3 is 2.62 bits per heavy atom. The third-order valence-corrected chi connectivity index (χ3v) is 3.62. The van der Waals surface area contributed by atoms with Gasteiger partial charge in [0, 0.05) is 15.8 Å². The number of amides is 1. The standard InChI is InChI=1S/C15H15BrFN3O/c1-2-8-5-9(16)3-4-13(8)20-14-6-10(15(19)21)12(18)7-11(14)17/h3-7,20H,2,18H2,1H3,(H2,19,21). The van der Waals surface area contributed by atoms with Crippen LogP contribution < -0.4 is 16.8 Å². The number of aryl methyl sites for hydroxylation is 1. The van der Waals surface area contributed by atoms with E-state index in [1.54, 1.807) is 0 Å². The Morgan fingerprint density at radius 2 is 2.00 bits per heavy atom. The second-order valence-corrected chi connectivity index (χ2v) is 5.48. The van der Waals surface area contributed by atoms with E-state index >= 15 is 0 Å². The van der Waals surface area contributed by atoms with Crippen LogP contribution in [0.1, 0.15) is 22.8 Å². The van der Waals surface area contributed by atoms with Crippen molar-refractivity contribution in [2.24, 2.45) is 5.73 Å². The fourth-order valence-electron chi connectivity index (χ4n) is 2.02. The molecule has 0 aliphatic carbocycles. The van der Waals surface area contributed by atoms with Gasteiger partial charge in [0.1, 0.15) is 5.82 Å². The second-order valence-electron chi connectivity index (χ2n) is 4.56. The molecule has 5 N–H and O–H groups in total. The Kier molecular flexibility index (Phi) is 4.47. The Labute approximate surface area is 130 Å². The Morgan fingerprint density at radius 1 is 1.29 bits per heavy atom. The summed E-state index contributed by atoms with van der Waals surface area (Å²) < 4.78 is 14.9. The van der Waals surface area contributed by atoms with E-state index in [0.717, 1.165) is 28.2 Å². The number of benzene rings is 2. The molecule has 1 amide bonds. The molecule has 4 nitrogen and oxygen atoms in total. The lowest BCUT2D eigenvalue weighted by Crippen LogP contribution is -2.14. The van der Waals surface area contributed by atoms with Gasteiger partial charge in [-0.1, -0.05) is 22.9 Å². The molecule has 6 heteroatoms. The summed E-state index contributed by atoms with van der Waals surface area (Å²) in [7, 11) is 0. The number of nitrogens with one attached hydrogen (secondary N) is 1. The lowest BCUT2D eigenvalue weighted by molar-refractivity contribution is 0.100. The van der Waals surface area contributed by atoms with E-state index in [1.807, 2.05) is 25.1 Å². The van der Waals surface area contributed by atoms with Crippen molar-refractivity contribution >= 4 is 38.9 Å². The summed E-state index contributed by atoms with van der Waals surface area (Å²) in [6, 6.07) is 8.06. The summed E-state index contributed by atoms with van der Waals surface area (Å²) >= 11 is 3.40. The Balaban J connectivity index is 2.44. The van der Waals surface area contributed by atoms with Crippen molar-refractivity contribution in [1.82, 2.24) is 0 Å². The van der Waals surface area contributed by atoms with Gasteiger partial charge in [0.05, 0.1) is 11.3 Å². The highest BCUT2D eigenvalue weighted by molar-refractivity contribution is 9.10. The van der Waals surface area contributed by atoms with Gasteiger partial charge in [-0.3, -0.25) is 4.79 Å². The van der Waals surface area contributed by atoms with Crippen LogP contribution in [0.3, 0.4) is 0 Å². The number of carbonyl (C=O) groups is 1. The van der Waals surface area contributed by atoms with E-state index in [-0.39, 0.29) is 16.9 Å². The first kappa shape index (κ1) is 15.3. The van der Waals surface area contributed by atoms with Crippen molar-refractivity contribution in [1.29, 1.82) is 0 Å². The van der Waals surface area contributed by atoms with E-state index in [9.17, 15) is 9.18 Å². The molecule has 0 spiro atoms. The molecule has 2 aromatic rings. The minimum Gasteiger partial charge on any atom is -0.398 e. The molecule has 0 aromatic heterocycles. The molecule has 0 atom stereocenters. The fourth-order valence-corrected chi connectivity index (χ4v) is 2.43. The summed E-state index contributed by atoms with van der Waals surface area (Å²) in [6.45, 7) is 2.00. The summed E-state index contributed by atoms with van der Waals surface area (Å²) in [6.07, 6.45) is 0.779. The third-order valence-electron chi connectivity index (χ3n) is 3.12. The fraction of sp³-hybridized carbons (Fsp3) is 0.133. The molecule has 0 radical (unpaired) electrons. The van der Waals surface area contributed by atoms with Crippen LogP contribution in [-0.4, -0.2) is 5.91 Å². The van der Waals surface area contributed by atoms with Crippen LogP contribution in [0.2, 0.25) is 0 Å². The lowest BCUT2D eigenvalue weighted by atomic mass is 10.1. The van der Waals surface area contributed by atoms with Crippen molar-refractivity contribution in [3.8, 4) is 0 Å². The molecular formula is C15H15BrFN3O. The minimum absolute atomic E-state index is 0.0251. The summed E-state index contributed by atoms with van der Waals surface area (Å²) in [5, 5.41) is 2.98. The number of primary amides is 1. The predicted molar refractivity (Wildman–Crippen MR) is 86.1 cm³/mol. The van der Waals surface area contributed by atoms with Crippen LogP contribution in [0.5, 0.6) is 0 Å². The maximum atomic E-state index is 14.0. The molecule has 21 heavy (non-hydrogen) atoms. The van der Waals surface area contributed by atoms with Crippen LogP contribution >= 0.6 is 15.9 Å². The quantitative estimate of drug-likeness (QED) is 0.736. The van der Waals surface area contributed by atoms with Gasteiger partial charge < -0.3 is 16.8 Å². The summed E-state index contributed by atoms with van der Waals surface area (Å²) in [4.78, 5) is 11.3. The molecule has 0 bridgehead atoms. The maximum Gasteiger partial charge on any atom is 0.250 e. The van der Waals surface area contributed by atoms with Crippen molar-refractivity contribution in [3.63, 3.8) is 0 Å². The zero-order valence-electron chi connectivity index (χ0n) is 11.4. The number of hydrogen-bond donors (Lipinski definition) is 3. The molecule has 0 heterocycles. The first-order valence-corrected chi connectivity index (χ1v) is 7.16. The Hall–Kier alpha value is -2.08.